The van der Waals surface area contributed by atoms with Crippen LogP contribution in [0.25, 0.3) is 11.5 Å². The van der Waals surface area contributed by atoms with Crippen LogP contribution >= 0.6 is 34.5 Å². The fourth-order valence-corrected chi connectivity index (χ4v) is 4.28. The van der Waals surface area contributed by atoms with Gasteiger partial charge >= 0.3 is 5.76 Å². The van der Waals surface area contributed by atoms with Crippen LogP contribution in [0.3, 0.4) is 0 Å². The van der Waals surface area contributed by atoms with E-state index in [4.69, 9.17) is 27.9 Å². The summed E-state index contributed by atoms with van der Waals surface area (Å²) >= 11 is 13.8. The molecule has 0 radical (unpaired) electrons. The van der Waals surface area contributed by atoms with E-state index < -0.39 is 5.76 Å². The zero-order chi connectivity index (χ0) is 18.8. The van der Waals surface area contributed by atoms with Gasteiger partial charge < -0.3 is 10.1 Å². The molecule has 0 bridgehead atoms. The quantitative estimate of drug-likeness (QED) is 0.664. The molecule has 3 aromatic rings. The summed E-state index contributed by atoms with van der Waals surface area (Å²) in [7, 11) is 0. The number of nitrogens with zero attached hydrogens (tertiary/aromatic N) is 2. The summed E-state index contributed by atoms with van der Waals surface area (Å²) < 4.78 is 10.6. The molecule has 1 aliphatic heterocycles. The zero-order valence-electron chi connectivity index (χ0n) is 14.1. The fourth-order valence-electron chi connectivity index (χ4n) is 3.10. The van der Waals surface area contributed by atoms with Crippen molar-refractivity contribution in [1.29, 1.82) is 0 Å². The van der Waals surface area contributed by atoms with Gasteiger partial charge in [-0.05, 0) is 17.7 Å². The second-order valence-corrected chi connectivity index (χ2v) is 7.96. The van der Waals surface area contributed by atoms with Crippen LogP contribution < -0.4 is 11.1 Å². The number of hydrogen-bond acceptors (Lipinski definition) is 7. The largest absolute Gasteiger partial charge is 0.439 e. The van der Waals surface area contributed by atoms with Gasteiger partial charge in [0.1, 0.15) is 5.69 Å². The van der Waals surface area contributed by atoms with Gasteiger partial charge in [-0.2, -0.15) is 0 Å². The van der Waals surface area contributed by atoms with Crippen molar-refractivity contribution < 1.29 is 9.26 Å². The summed E-state index contributed by atoms with van der Waals surface area (Å²) in [6, 6.07) is 5.60. The normalized spacial score (nSPS) is 20.5. The van der Waals surface area contributed by atoms with Gasteiger partial charge in [0, 0.05) is 30.8 Å². The minimum absolute atomic E-state index is 0.117. The lowest BCUT2D eigenvalue weighted by Gasteiger charge is -2.24. The van der Waals surface area contributed by atoms with Gasteiger partial charge in [0.2, 0.25) is 5.82 Å². The Balaban J connectivity index is 1.57. The number of hydrogen-bond donors (Lipinski definition) is 2. The number of thiazole rings is 1. The predicted octanol–water partition coefficient (Wildman–Crippen LogP) is 3.31. The molecule has 142 valence electrons. The molecular formula is C17H16Cl2N4O3S. The van der Waals surface area contributed by atoms with Crippen molar-refractivity contribution in [2.45, 2.75) is 12.5 Å². The Morgan fingerprint density at radius 2 is 2.19 bits per heavy atom. The van der Waals surface area contributed by atoms with E-state index in [1.165, 1.54) is 11.3 Å². The number of rotatable bonds is 4. The summed E-state index contributed by atoms with van der Waals surface area (Å²) in [5.41, 5.74) is 1.59. The van der Waals surface area contributed by atoms with Crippen LogP contribution in [0.5, 0.6) is 0 Å². The lowest BCUT2D eigenvalue weighted by Crippen LogP contribution is -2.26. The molecule has 7 nitrogen and oxygen atoms in total. The van der Waals surface area contributed by atoms with Gasteiger partial charge in [-0.1, -0.05) is 34.4 Å². The van der Waals surface area contributed by atoms with Gasteiger partial charge in [-0.25, -0.2) is 9.78 Å². The Labute approximate surface area is 168 Å². The maximum atomic E-state index is 11.1. The van der Waals surface area contributed by atoms with Crippen LogP contribution in [0.4, 0.5) is 0 Å². The third kappa shape index (κ3) is 4.25. The van der Waals surface area contributed by atoms with Gasteiger partial charge in [0.05, 0.1) is 27.8 Å². The summed E-state index contributed by atoms with van der Waals surface area (Å²) in [6.45, 7) is 2.20. The van der Waals surface area contributed by atoms with Crippen molar-refractivity contribution in [3.05, 3.63) is 54.7 Å². The highest BCUT2D eigenvalue weighted by molar-refractivity contribution is 7.09. The van der Waals surface area contributed by atoms with Crippen molar-refractivity contribution in [3.8, 4) is 11.5 Å². The SMILES string of the molecule is O=c1[nH]c(-c2csc(CC3CNCCOC3c3ccc(Cl)c(Cl)c3)n2)no1. The lowest BCUT2D eigenvalue weighted by atomic mass is 9.93. The molecule has 2 aromatic heterocycles. The van der Waals surface area contributed by atoms with Crippen molar-refractivity contribution in [2.75, 3.05) is 19.7 Å². The van der Waals surface area contributed by atoms with Crippen LogP contribution in [0.1, 0.15) is 16.7 Å². The first kappa shape index (κ1) is 18.6. The van der Waals surface area contributed by atoms with Gasteiger partial charge in [-0.15, -0.1) is 11.3 Å². The highest BCUT2D eigenvalue weighted by Gasteiger charge is 2.28. The Kier molecular flexibility index (Phi) is 5.60. The molecule has 1 aliphatic rings. The molecule has 4 rings (SSSR count). The van der Waals surface area contributed by atoms with Gasteiger partial charge in [0.25, 0.3) is 0 Å². The molecule has 27 heavy (non-hydrogen) atoms. The molecule has 2 N–H and O–H groups in total. The molecule has 1 aromatic carbocycles. The molecule has 0 spiro atoms. The Morgan fingerprint density at radius 3 is 2.96 bits per heavy atom. The number of nitrogens with one attached hydrogen (secondary N) is 2. The predicted molar refractivity (Wildman–Crippen MR) is 103 cm³/mol. The molecule has 1 fully saturated rings. The van der Waals surface area contributed by atoms with E-state index in [2.05, 4.69) is 25.0 Å². The molecule has 3 heterocycles. The van der Waals surface area contributed by atoms with E-state index in [1.54, 1.807) is 6.07 Å². The number of H-pyrrole nitrogens is 1. The molecule has 0 saturated carbocycles. The monoisotopic (exact) mass is 426 g/mol. The summed E-state index contributed by atoms with van der Waals surface area (Å²) in [6.07, 6.45) is 0.596. The minimum Gasteiger partial charge on any atom is -0.372 e. The van der Waals surface area contributed by atoms with Gasteiger partial charge in [0.15, 0.2) is 0 Å². The van der Waals surface area contributed by atoms with Crippen LogP contribution in [0, 0.1) is 5.92 Å². The van der Waals surface area contributed by atoms with Crippen LogP contribution in [-0.2, 0) is 11.2 Å². The second-order valence-electron chi connectivity index (χ2n) is 6.20. The zero-order valence-corrected chi connectivity index (χ0v) is 16.4. The highest BCUT2D eigenvalue weighted by atomic mass is 35.5. The third-order valence-electron chi connectivity index (χ3n) is 4.35. The molecular weight excluding hydrogens is 411 g/mol. The summed E-state index contributed by atoms with van der Waals surface area (Å²) in [5, 5.41) is 10.9. The smallest absolute Gasteiger partial charge is 0.372 e. The molecule has 2 atom stereocenters. The number of benzene rings is 1. The molecule has 1 saturated heterocycles. The molecule has 0 amide bonds. The fraction of sp³-hybridized carbons (Fsp3) is 0.353. The maximum absolute atomic E-state index is 11.1. The standard InChI is InChI=1S/C17H16Cl2N4O3S/c18-11-2-1-9(5-12(11)19)15-10(7-20-3-4-25-15)6-14-21-13(8-27-14)16-22-17(24)26-23-16/h1-2,5,8,10,15,20H,3-4,6-7H2,(H,22,23,24). The Bertz CT molecular complexity index is 986. The summed E-state index contributed by atoms with van der Waals surface area (Å²) in [5.74, 6) is -0.0977. The van der Waals surface area contributed by atoms with E-state index in [0.29, 0.717) is 34.6 Å². The first-order valence-electron chi connectivity index (χ1n) is 8.38. The Hall–Kier alpha value is -1.71. The van der Waals surface area contributed by atoms with E-state index in [1.807, 2.05) is 17.5 Å². The first-order valence-corrected chi connectivity index (χ1v) is 10.0. The van der Waals surface area contributed by atoms with Crippen molar-refractivity contribution in [2.24, 2.45) is 5.92 Å². The van der Waals surface area contributed by atoms with Crippen LogP contribution in [0.2, 0.25) is 10.0 Å². The van der Waals surface area contributed by atoms with E-state index >= 15 is 0 Å². The van der Waals surface area contributed by atoms with Crippen LogP contribution in [-0.4, -0.2) is 34.8 Å². The number of aromatic nitrogens is 3. The van der Waals surface area contributed by atoms with E-state index in [0.717, 1.165) is 23.7 Å². The van der Waals surface area contributed by atoms with Gasteiger partial charge in [-0.3, -0.25) is 9.51 Å². The lowest BCUT2D eigenvalue weighted by molar-refractivity contribution is 0.0307. The minimum atomic E-state index is -0.597. The average molecular weight is 427 g/mol. The topological polar surface area (TPSA) is 93.0 Å². The summed E-state index contributed by atoms with van der Waals surface area (Å²) in [4.78, 5) is 18.2. The number of aromatic amines is 1. The molecule has 2 unspecified atom stereocenters. The Morgan fingerprint density at radius 1 is 1.30 bits per heavy atom. The van der Waals surface area contributed by atoms with E-state index in [-0.39, 0.29) is 12.0 Å². The molecule has 10 heteroatoms. The maximum Gasteiger partial charge on any atom is 0.439 e. The van der Waals surface area contributed by atoms with Crippen molar-refractivity contribution in [1.82, 2.24) is 20.4 Å². The number of halogens is 2. The number of ether oxygens (including phenoxy) is 1. The van der Waals surface area contributed by atoms with Crippen molar-refractivity contribution in [3.63, 3.8) is 0 Å². The molecule has 0 aliphatic carbocycles. The van der Waals surface area contributed by atoms with E-state index in [9.17, 15) is 4.79 Å². The first-order chi connectivity index (χ1) is 13.1. The highest BCUT2D eigenvalue weighted by Crippen LogP contribution is 2.34. The van der Waals surface area contributed by atoms with Crippen LogP contribution in [0.15, 0.2) is 32.9 Å². The second kappa shape index (κ2) is 8.12. The average Bonchev–Trinajstić information content (AvgIpc) is 3.22. The van der Waals surface area contributed by atoms with Crippen molar-refractivity contribution >= 4 is 34.5 Å². The third-order valence-corrected chi connectivity index (χ3v) is 5.96.